The predicted molar refractivity (Wildman–Crippen MR) is 92.3 cm³/mol. The van der Waals surface area contributed by atoms with E-state index in [-0.39, 0.29) is 6.42 Å². The highest BCUT2D eigenvalue weighted by Gasteiger charge is 2.04. The van der Waals surface area contributed by atoms with Crippen molar-refractivity contribution in [1.82, 2.24) is 0 Å². The lowest BCUT2D eigenvalue weighted by Gasteiger charge is -2.12. The Kier molecular flexibility index (Phi) is 5.86. The summed E-state index contributed by atoms with van der Waals surface area (Å²) in [7, 11) is 0. The van der Waals surface area contributed by atoms with Crippen LogP contribution in [0.15, 0.2) is 42.5 Å². The highest BCUT2D eigenvalue weighted by Crippen LogP contribution is 2.28. The number of nitrogens with one attached hydrogen (secondary N) is 1. The number of carboxylic acid groups (broad SMARTS) is 1. The molecule has 5 heteroatoms. The van der Waals surface area contributed by atoms with Gasteiger partial charge < -0.3 is 20.9 Å². The van der Waals surface area contributed by atoms with Crippen LogP contribution in [0.2, 0.25) is 0 Å². The highest BCUT2D eigenvalue weighted by molar-refractivity contribution is 5.74. The van der Waals surface area contributed by atoms with Gasteiger partial charge in [0.25, 0.3) is 0 Å². The summed E-state index contributed by atoms with van der Waals surface area (Å²) in [5, 5.41) is 11.9. The van der Waals surface area contributed by atoms with Crippen LogP contribution in [0.5, 0.6) is 5.75 Å². The molecule has 5 nitrogen and oxygen atoms in total. The molecule has 0 saturated carbocycles. The lowest BCUT2D eigenvalue weighted by Crippen LogP contribution is -2.02. The van der Waals surface area contributed by atoms with E-state index in [2.05, 4.69) is 5.32 Å². The Morgan fingerprint density at radius 3 is 2.61 bits per heavy atom. The highest BCUT2D eigenvalue weighted by atomic mass is 16.5. The molecule has 0 aliphatic heterocycles. The molecule has 2 aromatic rings. The average molecular weight is 314 g/mol. The number of hydrogen-bond donors (Lipinski definition) is 3. The van der Waals surface area contributed by atoms with Gasteiger partial charge in [0.1, 0.15) is 5.75 Å². The van der Waals surface area contributed by atoms with Crippen molar-refractivity contribution in [3.8, 4) is 5.75 Å². The summed E-state index contributed by atoms with van der Waals surface area (Å²) in [5.74, 6) is -0.0637. The number of aryl methyl sites for hydroxylation is 1. The summed E-state index contributed by atoms with van der Waals surface area (Å²) in [6.07, 6.45) is 1.49. The van der Waals surface area contributed by atoms with Gasteiger partial charge in [0.15, 0.2) is 0 Å². The number of nitrogens with two attached hydrogens (primary N) is 1. The molecule has 2 aromatic carbocycles. The monoisotopic (exact) mass is 314 g/mol. The Hall–Kier alpha value is -2.69. The third-order valence-corrected chi connectivity index (χ3v) is 3.41. The van der Waals surface area contributed by atoms with Gasteiger partial charge in [-0.15, -0.1) is 0 Å². The summed E-state index contributed by atoms with van der Waals surface area (Å²) in [4.78, 5) is 10.4. The summed E-state index contributed by atoms with van der Waals surface area (Å²) in [6, 6.07) is 13.5. The van der Waals surface area contributed by atoms with Gasteiger partial charge in [0, 0.05) is 18.2 Å². The van der Waals surface area contributed by atoms with E-state index in [1.165, 1.54) is 5.56 Å². The Bertz CT molecular complexity index is 654. The molecule has 0 spiro atoms. The average Bonchev–Trinajstić information content (AvgIpc) is 2.52. The quantitative estimate of drug-likeness (QED) is 0.507. The molecular weight excluding hydrogens is 292 g/mol. The number of carbonyl (C=O) groups is 1. The molecule has 0 bridgehead atoms. The fourth-order valence-electron chi connectivity index (χ4n) is 2.09. The van der Waals surface area contributed by atoms with E-state index in [1.54, 1.807) is 6.07 Å². The van der Waals surface area contributed by atoms with E-state index >= 15 is 0 Å². The largest absolute Gasteiger partial charge is 0.494 e. The van der Waals surface area contributed by atoms with Crippen molar-refractivity contribution >= 4 is 23.0 Å². The molecule has 0 radical (unpaired) electrons. The minimum Gasteiger partial charge on any atom is -0.494 e. The summed E-state index contributed by atoms with van der Waals surface area (Å²) in [5.41, 5.74) is 9.58. The second-order valence-electron chi connectivity index (χ2n) is 5.44. The third kappa shape index (κ3) is 5.54. The molecule has 122 valence electrons. The maximum atomic E-state index is 10.4. The fraction of sp³-hybridized carbons (Fsp3) is 0.278. The minimum atomic E-state index is -0.776. The second kappa shape index (κ2) is 8.08. The Morgan fingerprint density at radius 1 is 1.17 bits per heavy atom. The van der Waals surface area contributed by atoms with E-state index in [0.717, 1.165) is 11.4 Å². The van der Waals surface area contributed by atoms with Gasteiger partial charge in [0.2, 0.25) is 0 Å². The normalized spacial score (nSPS) is 10.3. The number of aliphatic carboxylic acids is 1. The van der Waals surface area contributed by atoms with Gasteiger partial charge in [-0.2, -0.15) is 0 Å². The predicted octanol–water partition coefficient (Wildman–Crippen LogP) is 3.95. The minimum absolute atomic E-state index is 0.172. The van der Waals surface area contributed by atoms with Crippen molar-refractivity contribution in [2.45, 2.75) is 26.2 Å². The Labute approximate surface area is 136 Å². The third-order valence-electron chi connectivity index (χ3n) is 3.41. The molecule has 2 rings (SSSR count). The Morgan fingerprint density at radius 2 is 1.91 bits per heavy atom. The summed E-state index contributed by atoms with van der Waals surface area (Å²) >= 11 is 0. The number of ether oxygens (including phenoxy) is 1. The van der Waals surface area contributed by atoms with Gasteiger partial charge in [-0.3, -0.25) is 4.79 Å². The second-order valence-corrected chi connectivity index (χ2v) is 5.44. The van der Waals surface area contributed by atoms with Crippen LogP contribution in [0.25, 0.3) is 0 Å². The van der Waals surface area contributed by atoms with Crippen LogP contribution in [-0.2, 0) is 4.79 Å². The molecule has 23 heavy (non-hydrogen) atoms. The van der Waals surface area contributed by atoms with Crippen LogP contribution in [0, 0.1) is 6.92 Å². The summed E-state index contributed by atoms with van der Waals surface area (Å²) < 4.78 is 5.65. The molecule has 0 saturated heterocycles. The number of nitrogen functional groups attached to an aromatic ring is 1. The van der Waals surface area contributed by atoms with E-state index in [4.69, 9.17) is 15.6 Å². The van der Waals surface area contributed by atoms with Crippen LogP contribution < -0.4 is 15.8 Å². The molecule has 0 atom stereocenters. The van der Waals surface area contributed by atoms with Crippen molar-refractivity contribution in [3.63, 3.8) is 0 Å². The number of hydrogen-bond acceptors (Lipinski definition) is 4. The van der Waals surface area contributed by atoms with Crippen LogP contribution in [-0.4, -0.2) is 17.7 Å². The fourth-order valence-corrected chi connectivity index (χ4v) is 2.09. The van der Waals surface area contributed by atoms with Gasteiger partial charge in [0.05, 0.1) is 18.0 Å². The van der Waals surface area contributed by atoms with Crippen molar-refractivity contribution in [3.05, 3.63) is 48.0 Å². The molecule has 4 N–H and O–H groups in total. The number of benzene rings is 2. The van der Waals surface area contributed by atoms with Gasteiger partial charge in [-0.25, -0.2) is 0 Å². The van der Waals surface area contributed by atoms with Crippen molar-refractivity contribution in [2.75, 3.05) is 17.7 Å². The standard InChI is InChI=1S/C18H22N2O3/c1-13-5-7-14(8-6-13)20-17-12-15(9-10-16(17)19)23-11-3-2-4-18(21)22/h5-10,12,20H,2-4,11,19H2,1H3,(H,21,22). The van der Waals surface area contributed by atoms with E-state index < -0.39 is 5.97 Å². The Balaban J connectivity index is 1.93. The van der Waals surface area contributed by atoms with Gasteiger partial charge in [-0.1, -0.05) is 17.7 Å². The first kappa shape index (κ1) is 16.7. The molecule has 0 fully saturated rings. The molecule has 0 aromatic heterocycles. The van der Waals surface area contributed by atoms with E-state index in [9.17, 15) is 4.79 Å². The first-order chi connectivity index (χ1) is 11.0. The van der Waals surface area contributed by atoms with Crippen molar-refractivity contribution in [2.24, 2.45) is 0 Å². The van der Waals surface area contributed by atoms with Crippen LogP contribution in [0.3, 0.4) is 0 Å². The smallest absolute Gasteiger partial charge is 0.303 e. The zero-order valence-corrected chi connectivity index (χ0v) is 13.2. The van der Waals surface area contributed by atoms with Crippen molar-refractivity contribution in [1.29, 1.82) is 0 Å². The van der Waals surface area contributed by atoms with Crippen LogP contribution in [0.4, 0.5) is 17.1 Å². The van der Waals surface area contributed by atoms with Gasteiger partial charge >= 0.3 is 5.97 Å². The molecule has 0 unspecified atom stereocenters. The number of rotatable bonds is 8. The molecule has 0 amide bonds. The maximum absolute atomic E-state index is 10.4. The number of carboxylic acids is 1. The number of unbranched alkanes of at least 4 members (excludes halogenated alkanes) is 1. The molecule has 0 heterocycles. The zero-order chi connectivity index (χ0) is 16.7. The van der Waals surface area contributed by atoms with E-state index in [1.807, 2.05) is 43.3 Å². The van der Waals surface area contributed by atoms with E-state index in [0.29, 0.717) is 30.9 Å². The molecular formula is C18H22N2O3. The van der Waals surface area contributed by atoms with Crippen LogP contribution in [0.1, 0.15) is 24.8 Å². The maximum Gasteiger partial charge on any atom is 0.303 e. The molecule has 0 aliphatic rings. The lowest BCUT2D eigenvalue weighted by molar-refractivity contribution is -0.137. The lowest BCUT2D eigenvalue weighted by atomic mass is 10.2. The zero-order valence-electron chi connectivity index (χ0n) is 13.2. The van der Waals surface area contributed by atoms with Gasteiger partial charge in [-0.05, 0) is 44.0 Å². The van der Waals surface area contributed by atoms with Crippen LogP contribution >= 0.6 is 0 Å². The number of anilines is 3. The topological polar surface area (TPSA) is 84.6 Å². The molecule has 0 aliphatic carbocycles. The first-order valence-corrected chi connectivity index (χ1v) is 7.62. The SMILES string of the molecule is Cc1ccc(Nc2cc(OCCCCC(=O)O)ccc2N)cc1. The first-order valence-electron chi connectivity index (χ1n) is 7.62. The van der Waals surface area contributed by atoms with Crippen molar-refractivity contribution < 1.29 is 14.6 Å². The summed E-state index contributed by atoms with van der Waals surface area (Å²) in [6.45, 7) is 2.53.